The number of aromatic nitrogens is 9. The lowest BCUT2D eigenvalue weighted by Crippen LogP contribution is -2.00. The highest BCUT2D eigenvalue weighted by atomic mass is 15.1. The summed E-state index contributed by atoms with van der Waals surface area (Å²) in [5.74, 6) is 2.62. The third kappa shape index (κ3) is 12.9. The van der Waals surface area contributed by atoms with Crippen LogP contribution in [0.5, 0.6) is 0 Å². The summed E-state index contributed by atoms with van der Waals surface area (Å²) in [5.41, 5.74) is 29.7. The summed E-state index contributed by atoms with van der Waals surface area (Å²) in [6.07, 6.45) is 0. The standard InChI is InChI=1S/C57H37N5.C56H36N4.CH4/c1-5-17-38(18-6-1)43-35-44(39-19-7-2-8-20-39)37-46(36-43)62-50-27-15-13-25-47(50)48-33-34-52-53(54(48)62)49-26-14-16-28-51(49)61(52)45-31-29-42(30-32-45)57-59-55(40-21-9-3-10-22-40)58-56(60-57)41-23-11-4-12-24-41;1-4-17-37(18-5-1)41-33-42(38-19-6-2-7-20-38)36-44(35-41)60-50-29-14-11-25-45(50)46-31-32-52-53(55(46)60)48-27-12-15-30-51(48)59(52)43-24-16-23-40(34-43)56-57-49-28-13-10-26-47(49)54(58-56)39-21-8-3-9-22-39;/h1-37H;1-36H;1H4. The maximum absolute atomic E-state index is 5.23. The fourth-order valence-corrected chi connectivity index (χ4v) is 18.3. The molecule has 0 N–H and O–H groups in total. The Bertz CT molecular complexity index is 7970. The second-order valence-corrected chi connectivity index (χ2v) is 31.0. The van der Waals surface area contributed by atoms with E-state index in [1.54, 1.807) is 0 Å². The smallest absolute Gasteiger partial charge is 0.164 e. The molecule has 0 atom stereocenters. The van der Waals surface area contributed by atoms with Gasteiger partial charge >= 0.3 is 0 Å². The zero-order valence-electron chi connectivity index (χ0n) is 66.2. The fraction of sp³-hybridized carbons (Fsp3) is 0.00877. The molecule has 0 aliphatic heterocycles. The highest BCUT2D eigenvalue weighted by Crippen LogP contribution is 2.47. The van der Waals surface area contributed by atoms with Crippen LogP contribution in [0.4, 0.5) is 0 Å². The average Bonchev–Trinajstić information content (AvgIpc) is 1.55. The van der Waals surface area contributed by atoms with Crippen LogP contribution in [0.1, 0.15) is 7.43 Å². The molecule has 6 heterocycles. The summed E-state index contributed by atoms with van der Waals surface area (Å²) < 4.78 is 9.78. The van der Waals surface area contributed by atoms with E-state index in [2.05, 4.69) is 388 Å². The zero-order valence-corrected chi connectivity index (χ0v) is 66.2. The Morgan fingerprint density at radius 2 is 0.463 bits per heavy atom. The molecule has 0 fully saturated rings. The first-order valence-electron chi connectivity index (χ1n) is 41.4. The zero-order chi connectivity index (χ0) is 80.6. The van der Waals surface area contributed by atoms with Gasteiger partial charge in [0.05, 0.1) is 55.3 Å². The van der Waals surface area contributed by atoms with E-state index in [0.29, 0.717) is 23.3 Å². The normalized spacial score (nSPS) is 11.5. The van der Waals surface area contributed by atoms with Gasteiger partial charge in [-0.3, -0.25) is 0 Å². The molecule has 0 aliphatic rings. The molecule has 0 aliphatic carbocycles. The molecule has 24 aromatic rings. The molecule has 0 saturated carbocycles. The molecule has 0 spiro atoms. The van der Waals surface area contributed by atoms with Crippen molar-refractivity contribution in [2.24, 2.45) is 0 Å². The first kappa shape index (κ1) is 72.9. The molecule has 123 heavy (non-hydrogen) atoms. The summed E-state index contributed by atoms with van der Waals surface area (Å²) in [4.78, 5) is 25.3. The van der Waals surface area contributed by atoms with Crippen LogP contribution in [0.15, 0.2) is 443 Å². The van der Waals surface area contributed by atoms with E-state index in [-0.39, 0.29) is 7.43 Å². The first-order chi connectivity index (χ1) is 60.5. The van der Waals surface area contributed by atoms with E-state index in [0.717, 1.165) is 89.2 Å². The van der Waals surface area contributed by atoms with Gasteiger partial charge < -0.3 is 18.3 Å². The molecule has 18 aromatic carbocycles. The first-order valence-corrected chi connectivity index (χ1v) is 41.4. The minimum Gasteiger partial charge on any atom is -0.309 e. The lowest BCUT2D eigenvalue weighted by atomic mass is 9.98. The third-order valence-electron chi connectivity index (χ3n) is 23.8. The van der Waals surface area contributed by atoms with Crippen molar-refractivity contribution in [3.63, 3.8) is 0 Å². The van der Waals surface area contributed by atoms with Gasteiger partial charge in [0.1, 0.15) is 0 Å². The number of fused-ring (bicyclic) bond motifs is 15. The number of benzene rings is 18. The van der Waals surface area contributed by atoms with Gasteiger partial charge in [-0.1, -0.05) is 335 Å². The van der Waals surface area contributed by atoms with Crippen LogP contribution < -0.4 is 0 Å². The maximum atomic E-state index is 5.23. The minimum absolute atomic E-state index is 0. The van der Waals surface area contributed by atoms with Crippen molar-refractivity contribution < 1.29 is 0 Å². The van der Waals surface area contributed by atoms with Crippen molar-refractivity contribution >= 4 is 98.1 Å². The molecular formula is C114H77N9. The molecule has 0 amide bonds. The average molecular weight is 1570 g/mol. The van der Waals surface area contributed by atoms with Crippen molar-refractivity contribution in [2.75, 3.05) is 0 Å². The van der Waals surface area contributed by atoms with Crippen LogP contribution in [0.3, 0.4) is 0 Å². The maximum Gasteiger partial charge on any atom is 0.164 e. The van der Waals surface area contributed by atoms with E-state index < -0.39 is 0 Å². The van der Waals surface area contributed by atoms with Crippen LogP contribution in [0.2, 0.25) is 0 Å². The molecule has 9 nitrogen and oxygen atoms in total. The predicted molar refractivity (Wildman–Crippen MR) is 512 cm³/mol. The monoisotopic (exact) mass is 1570 g/mol. The Balaban J connectivity index is 0.000000145. The Labute approximate surface area is 711 Å². The van der Waals surface area contributed by atoms with Gasteiger partial charge in [-0.05, 0) is 160 Å². The lowest BCUT2D eigenvalue weighted by molar-refractivity contribution is 1.07. The van der Waals surface area contributed by atoms with Crippen molar-refractivity contribution in [1.82, 2.24) is 43.2 Å². The summed E-state index contributed by atoms with van der Waals surface area (Å²) >= 11 is 0. The highest BCUT2D eigenvalue weighted by Gasteiger charge is 2.26. The second-order valence-electron chi connectivity index (χ2n) is 31.0. The summed E-state index contributed by atoms with van der Waals surface area (Å²) in [6.45, 7) is 0. The van der Waals surface area contributed by atoms with Crippen molar-refractivity contribution in [3.05, 3.63) is 443 Å². The summed E-state index contributed by atoms with van der Waals surface area (Å²) in [5, 5.41) is 10.7. The van der Waals surface area contributed by atoms with E-state index in [1.807, 2.05) is 72.8 Å². The number of rotatable bonds is 13. The number of hydrogen-bond donors (Lipinski definition) is 0. The topological polar surface area (TPSA) is 84.2 Å². The quantitative estimate of drug-likeness (QED) is 0.115. The number of hydrogen-bond acceptors (Lipinski definition) is 5. The Morgan fingerprint density at radius 1 is 0.154 bits per heavy atom. The largest absolute Gasteiger partial charge is 0.309 e. The van der Waals surface area contributed by atoms with Gasteiger partial charge in [0, 0.05) is 99.0 Å². The van der Waals surface area contributed by atoms with E-state index in [4.69, 9.17) is 24.9 Å². The number of nitrogens with zero attached hydrogens (tertiary/aromatic N) is 9. The summed E-state index contributed by atoms with van der Waals surface area (Å²) in [6, 6.07) is 158. The van der Waals surface area contributed by atoms with Gasteiger partial charge in [-0.15, -0.1) is 0 Å². The molecule has 0 radical (unpaired) electrons. The Hall–Kier alpha value is -16.5. The molecule has 0 unspecified atom stereocenters. The Kier molecular flexibility index (Phi) is 18.2. The third-order valence-corrected chi connectivity index (χ3v) is 23.8. The van der Waals surface area contributed by atoms with Crippen LogP contribution in [0.25, 0.3) is 222 Å². The predicted octanol–water partition coefficient (Wildman–Crippen LogP) is 29.5. The van der Waals surface area contributed by atoms with Gasteiger partial charge in [0.15, 0.2) is 23.3 Å². The minimum atomic E-state index is 0. The van der Waals surface area contributed by atoms with E-state index in [1.165, 1.54) is 110 Å². The molecule has 9 heteroatoms. The van der Waals surface area contributed by atoms with Crippen LogP contribution >= 0.6 is 0 Å². The van der Waals surface area contributed by atoms with Gasteiger partial charge in [0.2, 0.25) is 0 Å². The Morgan fingerprint density at radius 3 is 0.878 bits per heavy atom. The lowest BCUT2D eigenvalue weighted by Gasteiger charge is -2.15. The van der Waals surface area contributed by atoms with Crippen molar-refractivity contribution in [2.45, 2.75) is 7.43 Å². The van der Waals surface area contributed by atoms with Gasteiger partial charge in [-0.2, -0.15) is 0 Å². The van der Waals surface area contributed by atoms with Crippen LogP contribution in [-0.4, -0.2) is 43.2 Å². The van der Waals surface area contributed by atoms with Crippen LogP contribution in [0, 0.1) is 0 Å². The van der Waals surface area contributed by atoms with E-state index in [9.17, 15) is 0 Å². The van der Waals surface area contributed by atoms with Crippen LogP contribution in [-0.2, 0) is 0 Å². The highest BCUT2D eigenvalue weighted by molar-refractivity contribution is 6.28. The second kappa shape index (κ2) is 30.8. The molecule has 6 aromatic heterocycles. The fourth-order valence-electron chi connectivity index (χ4n) is 18.3. The van der Waals surface area contributed by atoms with E-state index >= 15 is 0 Å². The molecule has 24 rings (SSSR count). The van der Waals surface area contributed by atoms with Crippen molar-refractivity contribution in [1.29, 1.82) is 0 Å². The molecule has 578 valence electrons. The SMILES string of the molecule is C.c1ccc(-c2cc(-c3ccccc3)cc(-n3c4ccccc4c4ccc5c(c6ccccc6n5-c5ccc(-c6nc(-c7ccccc7)nc(-c7ccccc7)n6)cc5)c43)c2)cc1.c1ccc(-c2cc(-c3ccccc3)cc(-n3c4ccccc4c4ccc5c(c6ccccc6n5-c5cccc(-c6nc(-c7ccccc7)c7ccccc7n6)c5)c43)c2)cc1. The molecule has 0 saturated heterocycles. The molecular weight excluding hydrogens is 1500 g/mol. The van der Waals surface area contributed by atoms with Gasteiger partial charge in [-0.25, -0.2) is 24.9 Å². The summed E-state index contributed by atoms with van der Waals surface area (Å²) in [7, 11) is 0. The number of para-hydroxylation sites is 5. The van der Waals surface area contributed by atoms with Gasteiger partial charge in [0.25, 0.3) is 0 Å². The molecule has 0 bridgehead atoms. The van der Waals surface area contributed by atoms with Crippen molar-refractivity contribution in [3.8, 4) is 124 Å².